The van der Waals surface area contributed by atoms with E-state index in [1.807, 2.05) is 18.2 Å². The van der Waals surface area contributed by atoms with Crippen molar-refractivity contribution < 1.29 is 9.47 Å². The molecule has 0 spiro atoms. The van der Waals surface area contributed by atoms with Gasteiger partial charge in [0.2, 0.25) is 0 Å². The van der Waals surface area contributed by atoms with Crippen molar-refractivity contribution >= 4 is 0 Å². The van der Waals surface area contributed by atoms with E-state index in [1.165, 1.54) is 32.1 Å². The van der Waals surface area contributed by atoms with Gasteiger partial charge in [-0.1, -0.05) is 32.6 Å². The lowest BCUT2D eigenvalue weighted by Crippen LogP contribution is -2.25. The molecular weight excluding hydrogens is 250 g/mol. The highest BCUT2D eigenvalue weighted by Gasteiger charge is 2.07. The highest BCUT2D eigenvalue weighted by atomic mass is 16.5. The fourth-order valence-corrected chi connectivity index (χ4v) is 2.28. The van der Waals surface area contributed by atoms with Gasteiger partial charge in [-0.2, -0.15) is 0 Å². The second-order valence-corrected chi connectivity index (χ2v) is 5.31. The van der Waals surface area contributed by atoms with Gasteiger partial charge in [0.25, 0.3) is 0 Å². The standard InChI is InChI=1S/C17H29NO2/c1-5-6-7-8-9-14(2)18-13-15-12-16(19-3)10-11-17(15)20-4/h10-12,14,18H,5-9,13H2,1-4H3/t14-/m1/s1. The van der Waals surface area contributed by atoms with Crippen molar-refractivity contribution in [2.75, 3.05) is 14.2 Å². The van der Waals surface area contributed by atoms with Crippen LogP contribution in [0, 0.1) is 0 Å². The molecule has 1 aromatic carbocycles. The topological polar surface area (TPSA) is 30.5 Å². The molecule has 0 aliphatic heterocycles. The number of hydrogen-bond acceptors (Lipinski definition) is 3. The predicted octanol–water partition coefficient (Wildman–Crippen LogP) is 4.15. The highest BCUT2D eigenvalue weighted by molar-refractivity contribution is 5.40. The van der Waals surface area contributed by atoms with E-state index in [2.05, 4.69) is 19.2 Å². The molecule has 114 valence electrons. The number of methoxy groups -OCH3 is 2. The van der Waals surface area contributed by atoms with Gasteiger partial charge in [-0.15, -0.1) is 0 Å². The third kappa shape index (κ3) is 5.83. The summed E-state index contributed by atoms with van der Waals surface area (Å²) in [4.78, 5) is 0. The van der Waals surface area contributed by atoms with Gasteiger partial charge in [0, 0.05) is 18.2 Å². The minimum absolute atomic E-state index is 0.530. The van der Waals surface area contributed by atoms with Gasteiger partial charge in [0.1, 0.15) is 11.5 Å². The smallest absolute Gasteiger partial charge is 0.123 e. The maximum absolute atomic E-state index is 5.39. The SMILES string of the molecule is CCCCCC[C@@H](C)NCc1cc(OC)ccc1OC. The first-order valence-electron chi connectivity index (χ1n) is 7.65. The Bertz CT molecular complexity index is 379. The number of benzene rings is 1. The summed E-state index contributed by atoms with van der Waals surface area (Å²) >= 11 is 0. The quantitative estimate of drug-likeness (QED) is 0.653. The third-order valence-electron chi connectivity index (χ3n) is 3.62. The van der Waals surface area contributed by atoms with Crippen LogP contribution in [-0.4, -0.2) is 20.3 Å². The normalized spacial score (nSPS) is 12.2. The monoisotopic (exact) mass is 279 g/mol. The van der Waals surface area contributed by atoms with E-state index in [9.17, 15) is 0 Å². The number of ether oxygens (including phenoxy) is 2. The van der Waals surface area contributed by atoms with Gasteiger partial charge >= 0.3 is 0 Å². The van der Waals surface area contributed by atoms with Gasteiger partial charge in [-0.05, 0) is 31.5 Å². The third-order valence-corrected chi connectivity index (χ3v) is 3.62. The lowest BCUT2D eigenvalue weighted by atomic mass is 10.1. The Kier molecular flexibility index (Phi) is 8.12. The molecule has 1 aromatic rings. The Hall–Kier alpha value is -1.22. The average molecular weight is 279 g/mol. The van der Waals surface area contributed by atoms with Crippen LogP contribution in [0.4, 0.5) is 0 Å². The highest BCUT2D eigenvalue weighted by Crippen LogP contribution is 2.23. The summed E-state index contributed by atoms with van der Waals surface area (Å²) in [5.74, 6) is 1.79. The summed E-state index contributed by atoms with van der Waals surface area (Å²) in [6.07, 6.45) is 6.51. The van der Waals surface area contributed by atoms with Crippen LogP contribution in [0.1, 0.15) is 51.5 Å². The molecule has 1 atom stereocenters. The van der Waals surface area contributed by atoms with Gasteiger partial charge < -0.3 is 14.8 Å². The molecule has 1 N–H and O–H groups in total. The molecule has 0 radical (unpaired) electrons. The van der Waals surface area contributed by atoms with E-state index in [1.54, 1.807) is 14.2 Å². The molecular formula is C17H29NO2. The van der Waals surface area contributed by atoms with Crippen molar-refractivity contribution in [3.05, 3.63) is 23.8 Å². The number of unbranched alkanes of at least 4 members (excludes halogenated alkanes) is 3. The first kappa shape index (κ1) is 16.8. The molecule has 3 heteroatoms. The Morgan fingerprint density at radius 1 is 1.10 bits per heavy atom. The molecule has 0 heterocycles. The molecule has 3 nitrogen and oxygen atoms in total. The minimum atomic E-state index is 0.530. The fourth-order valence-electron chi connectivity index (χ4n) is 2.28. The second kappa shape index (κ2) is 9.65. The zero-order valence-corrected chi connectivity index (χ0v) is 13.4. The van der Waals surface area contributed by atoms with E-state index in [4.69, 9.17) is 9.47 Å². The lowest BCUT2D eigenvalue weighted by molar-refractivity contribution is 0.394. The number of nitrogens with one attached hydrogen (secondary N) is 1. The van der Waals surface area contributed by atoms with Gasteiger partial charge in [0.15, 0.2) is 0 Å². The van der Waals surface area contributed by atoms with Crippen LogP contribution in [0.25, 0.3) is 0 Å². The average Bonchev–Trinajstić information content (AvgIpc) is 2.49. The molecule has 0 fully saturated rings. The summed E-state index contributed by atoms with van der Waals surface area (Å²) in [6, 6.07) is 6.45. The van der Waals surface area contributed by atoms with Crippen molar-refractivity contribution in [2.45, 2.75) is 58.5 Å². The van der Waals surface area contributed by atoms with Crippen molar-refractivity contribution in [1.29, 1.82) is 0 Å². The molecule has 0 amide bonds. The van der Waals surface area contributed by atoms with E-state index in [0.29, 0.717) is 6.04 Å². The van der Waals surface area contributed by atoms with Crippen LogP contribution in [-0.2, 0) is 6.54 Å². The first-order valence-corrected chi connectivity index (χ1v) is 7.65. The van der Waals surface area contributed by atoms with E-state index in [0.717, 1.165) is 23.6 Å². The fraction of sp³-hybridized carbons (Fsp3) is 0.647. The van der Waals surface area contributed by atoms with Crippen LogP contribution in [0.15, 0.2) is 18.2 Å². The maximum atomic E-state index is 5.39. The molecule has 0 unspecified atom stereocenters. The van der Waals surface area contributed by atoms with Crippen LogP contribution in [0.2, 0.25) is 0 Å². The molecule has 0 aliphatic carbocycles. The molecule has 0 aromatic heterocycles. The summed E-state index contributed by atoms with van der Waals surface area (Å²) in [5.41, 5.74) is 1.15. The largest absolute Gasteiger partial charge is 0.497 e. The Balaban J connectivity index is 2.43. The number of hydrogen-bond donors (Lipinski definition) is 1. The van der Waals surface area contributed by atoms with Crippen LogP contribution >= 0.6 is 0 Å². The van der Waals surface area contributed by atoms with Gasteiger partial charge in [0.05, 0.1) is 14.2 Å². The van der Waals surface area contributed by atoms with E-state index < -0.39 is 0 Å². The van der Waals surface area contributed by atoms with Crippen molar-refractivity contribution in [2.24, 2.45) is 0 Å². The molecule has 20 heavy (non-hydrogen) atoms. The Morgan fingerprint density at radius 2 is 1.90 bits per heavy atom. The molecule has 0 saturated carbocycles. The molecule has 0 aliphatic rings. The van der Waals surface area contributed by atoms with Crippen molar-refractivity contribution in [1.82, 2.24) is 5.32 Å². The van der Waals surface area contributed by atoms with Gasteiger partial charge in [-0.25, -0.2) is 0 Å². The summed E-state index contributed by atoms with van der Waals surface area (Å²) in [7, 11) is 3.40. The zero-order valence-electron chi connectivity index (χ0n) is 13.4. The maximum Gasteiger partial charge on any atom is 0.123 e. The van der Waals surface area contributed by atoms with E-state index >= 15 is 0 Å². The second-order valence-electron chi connectivity index (χ2n) is 5.31. The van der Waals surface area contributed by atoms with Crippen LogP contribution < -0.4 is 14.8 Å². The summed E-state index contributed by atoms with van der Waals surface area (Å²) in [5, 5.41) is 3.57. The zero-order chi connectivity index (χ0) is 14.8. The Labute approximate surface area is 123 Å². The summed E-state index contributed by atoms with van der Waals surface area (Å²) in [6.45, 7) is 5.31. The van der Waals surface area contributed by atoms with E-state index in [-0.39, 0.29) is 0 Å². The summed E-state index contributed by atoms with van der Waals surface area (Å²) < 4.78 is 10.7. The predicted molar refractivity (Wildman–Crippen MR) is 84.6 cm³/mol. The molecule has 0 saturated heterocycles. The van der Waals surface area contributed by atoms with Crippen LogP contribution in [0.3, 0.4) is 0 Å². The minimum Gasteiger partial charge on any atom is -0.497 e. The van der Waals surface area contributed by atoms with Crippen LogP contribution in [0.5, 0.6) is 11.5 Å². The number of rotatable bonds is 10. The lowest BCUT2D eigenvalue weighted by Gasteiger charge is -2.16. The Morgan fingerprint density at radius 3 is 2.55 bits per heavy atom. The molecule has 1 rings (SSSR count). The van der Waals surface area contributed by atoms with Crippen molar-refractivity contribution in [3.63, 3.8) is 0 Å². The first-order chi connectivity index (χ1) is 9.71. The van der Waals surface area contributed by atoms with Gasteiger partial charge in [-0.3, -0.25) is 0 Å². The van der Waals surface area contributed by atoms with Crippen molar-refractivity contribution in [3.8, 4) is 11.5 Å². The molecule has 0 bridgehead atoms.